The van der Waals surface area contributed by atoms with Gasteiger partial charge in [0.25, 0.3) is 5.91 Å². The van der Waals surface area contributed by atoms with Crippen molar-refractivity contribution >= 4 is 51.2 Å². The second kappa shape index (κ2) is 14.3. The molecule has 0 aromatic heterocycles. The van der Waals surface area contributed by atoms with Crippen LogP contribution in [0.4, 0.5) is 0 Å². The van der Waals surface area contributed by atoms with Crippen LogP contribution in [-0.2, 0) is 28.7 Å². The lowest BCUT2D eigenvalue weighted by molar-refractivity contribution is -0.153. The van der Waals surface area contributed by atoms with Crippen LogP contribution >= 0.6 is 21.6 Å². The van der Waals surface area contributed by atoms with Crippen LogP contribution in [0.3, 0.4) is 0 Å². The van der Waals surface area contributed by atoms with E-state index in [1.54, 1.807) is 40.7 Å². The molecule has 12 heteroatoms. The molecule has 0 aliphatic carbocycles. The van der Waals surface area contributed by atoms with Crippen LogP contribution in [0.15, 0.2) is 23.9 Å². The van der Waals surface area contributed by atoms with Crippen LogP contribution in [0.1, 0.15) is 47.5 Å². The van der Waals surface area contributed by atoms with Gasteiger partial charge in [0.15, 0.2) is 0 Å². The van der Waals surface area contributed by atoms with Gasteiger partial charge < -0.3 is 26.0 Å². The van der Waals surface area contributed by atoms with Crippen LogP contribution in [-0.4, -0.2) is 65.3 Å². The maximum atomic E-state index is 13.2. The Morgan fingerprint density at radius 2 is 1.64 bits per heavy atom. The molecule has 2 bridgehead atoms. The van der Waals surface area contributed by atoms with Crippen LogP contribution in [0, 0.1) is 11.8 Å². The summed E-state index contributed by atoms with van der Waals surface area (Å²) in [5.74, 6) is -2.54. The molecule has 10 nitrogen and oxygen atoms in total. The van der Waals surface area contributed by atoms with E-state index in [-0.39, 0.29) is 29.7 Å². The lowest BCUT2D eigenvalue weighted by Crippen LogP contribution is -2.57. The fraction of sp³-hybridized carbons (Fsp3) is 0.625. The number of carbonyl (C=O) groups excluding carboxylic acids is 5. The summed E-state index contributed by atoms with van der Waals surface area (Å²) in [5.41, 5.74) is -0.0445. The number of amides is 4. The summed E-state index contributed by atoms with van der Waals surface area (Å²) in [6, 6.07) is -2.86. The standard InChI is InChI=1S/C24H36N4O6S2/c1-6-16-21(30)28-20(14(4)5)24(33)34-15-9-7-8-10-35-36-12-17(22(31)25-16)26-23(32)19(13(2)3)27-18(29)11-15/h6-7,9,13-15,17,19-20H,8,10-12H2,1-5H3,(H,25,31)(H,26,32)(H,27,29)(H,28,30)/t15-,17-,19?,20+/m1/s1. The number of carbonyl (C=O) groups is 5. The fourth-order valence-electron chi connectivity index (χ4n) is 3.50. The number of nitrogens with one attached hydrogen (secondary N) is 4. The van der Waals surface area contributed by atoms with E-state index in [2.05, 4.69) is 21.3 Å². The van der Waals surface area contributed by atoms with E-state index in [9.17, 15) is 24.0 Å². The second-order valence-electron chi connectivity index (χ2n) is 9.24. The molecule has 2 rings (SSSR count). The van der Waals surface area contributed by atoms with E-state index in [4.69, 9.17) is 4.74 Å². The second-order valence-corrected chi connectivity index (χ2v) is 11.9. The summed E-state index contributed by atoms with van der Waals surface area (Å²) < 4.78 is 5.65. The van der Waals surface area contributed by atoms with Gasteiger partial charge in [0.2, 0.25) is 17.7 Å². The van der Waals surface area contributed by atoms with Gasteiger partial charge in [0, 0.05) is 11.5 Å². The molecule has 4 N–H and O–H groups in total. The van der Waals surface area contributed by atoms with E-state index in [0.29, 0.717) is 12.2 Å². The molecule has 0 aromatic rings. The van der Waals surface area contributed by atoms with Crippen LogP contribution in [0.2, 0.25) is 0 Å². The van der Waals surface area contributed by atoms with Crippen molar-refractivity contribution in [2.45, 2.75) is 71.7 Å². The van der Waals surface area contributed by atoms with Gasteiger partial charge in [-0.2, -0.15) is 0 Å². The number of rotatable bonds is 2. The summed E-state index contributed by atoms with van der Waals surface area (Å²) >= 11 is 0. The van der Waals surface area contributed by atoms with Crippen molar-refractivity contribution in [1.82, 2.24) is 21.3 Å². The molecule has 1 unspecified atom stereocenters. The molecule has 4 atom stereocenters. The van der Waals surface area contributed by atoms with Gasteiger partial charge in [-0.05, 0) is 31.3 Å². The van der Waals surface area contributed by atoms with Crippen LogP contribution in [0.5, 0.6) is 0 Å². The maximum absolute atomic E-state index is 13.2. The fourth-order valence-corrected chi connectivity index (χ4v) is 5.66. The first-order chi connectivity index (χ1) is 17.0. The maximum Gasteiger partial charge on any atom is 0.329 e. The van der Waals surface area contributed by atoms with Crippen LogP contribution in [0.25, 0.3) is 0 Å². The monoisotopic (exact) mass is 540 g/mol. The van der Waals surface area contributed by atoms with E-state index < -0.39 is 53.8 Å². The predicted molar refractivity (Wildman–Crippen MR) is 141 cm³/mol. The molecule has 0 saturated carbocycles. The van der Waals surface area contributed by atoms with Crippen molar-refractivity contribution in [2.75, 3.05) is 11.5 Å². The third-order valence-electron chi connectivity index (χ3n) is 5.59. The number of fused-ring (bicyclic) bond motifs is 7. The minimum absolute atomic E-state index is 0.0445. The van der Waals surface area contributed by atoms with E-state index in [0.717, 1.165) is 0 Å². The highest BCUT2D eigenvalue weighted by atomic mass is 33.1. The zero-order chi connectivity index (χ0) is 26.8. The molecule has 0 aromatic carbocycles. The van der Waals surface area contributed by atoms with Gasteiger partial charge in [0.05, 0.1) is 6.42 Å². The highest BCUT2D eigenvalue weighted by Gasteiger charge is 2.33. The minimum atomic E-state index is -1.00. The first kappa shape index (κ1) is 29.8. The highest BCUT2D eigenvalue weighted by molar-refractivity contribution is 8.76. The Morgan fingerprint density at radius 1 is 0.944 bits per heavy atom. The van der Waals surface area contributed by atoms with Crippen molar-refractivity contribution in [3.8, 4) is 0 Å². The zero-order valence-corrected chi connectivity index (χ0v) is 22.9. The Morgan fingerprint density at radius 3 is 2.28 bits per heavy atom. The van der Waals surface area contributed by atoms with Crippen molar-refractivity contribution in [2.24, 2.45) is 11.8 Å². The SMILES string of the molecule is CC=C1NC(=O)[C@H]2CSSCCC=C[C@H](CC(=O)NC(C(C)C)C(=O)N2)OC(=O)[C@H](C(C)C)NC1=O. The molecule has 200 valence electrons. The average molecular weight is 541 g/mol. The van der Waals surface area contributed by atoms with Gasteiger partial charge in [-0.3, -0.25) is 19.2 Å². The molecule has 0 radical (unpaired) electrons. The smallest absolute Gasteiger partial charge is 0.329 e. The topological polar surface area (TPSA) is 143 Å². The zero-order valence-electron chi connectivity index (χ0n) is 21.3. The van der Waals surface area contributed by atoms with E-state index in [1.165, 1.54) is 27.7 Å². The molecule has 1 saturated heterocycles. The first-order valence-corrected chi connectivity index (χ1v) is 14.5. The van der Waals surface area contributed by atoms with Gasteiger partial charge >= 0.3 is 5.97 Å². The van der Waals surface area contributed by atoms with E-state index in [1.807, 2.05) is 6.08 Å². The number of ether oxygens (including phenoxy) is 1. The highest BCUT2D eigenvalue weighted by Crippen LogP contribution is 2.24. The number of hydrogen-bond acceptors (Lipinski definition) is 8. The third-order valence-corrected chi connectivity index (χ3v) is 8.03. The van der Waals surface area contributed by atoms with Gasteiger partial charge in [-0.1, -0.05) is 61.4 Å². The molecular weight excluding hydrogens is 504 g/mol. The Bertz CT molecular complexity index is 905. The third kappa shape index (κ3) is 8.88. The van der Waals surface area contributed by atoms with Gasteiger partial charge in [-0.25, -0.2) is 4.79 Å². The molecular formula is C24H36N4O6S2. The van der Waals surface area contributed by atoms with E-state index >= 15 is 0 Å². The summed E-state index contributed by atoms with van der Waals surface area (Å²) in [6.07, 6.45) is 4.51. The van der Waals surface area contributed by atoms with Gasteiger partial charge in [-0.15, -0.1) is 0 Å². The Labute approximate surface area is 220 Å². The van der Waals surface area contributed by atoms with Crippen molar-refractivity contribution in [3.63, 3.8) is 0 Å². The molecule has 2 aliphatic rings. The number of allylic oxidation sites excluding steroid dienone is 2. The molecule has 36 heavy (non-hydrogen) atoms. The van der Waals surface area contributed by atoms with Crippen molar-refractivity contribution in [3.05, 3.63) is 23.9 Å². The lowest BCUT2D eigenvalue weighted by Gasteiger charge is -2.27. The summed E-state index contributed by atoms with van der Waals surface area (Å²) in [4.78, 5) is 65.2. The van der Waals surface area contributed by atoms with Gasteiger partial charge in [0.1, 0.15) is 29.9 Å². The molecule has 1 fully saturated rings. The predicted octanol–water partition coefficient (Wildman–Crippen LogP) is 1.43. The lowest BCUT2D eigenvalue weighted by atomic mass is 10.0. The Kier molecular flexibility index (Phi) is 11.8. The quantitative estimate of drug-likeness (QED) is 0.178. The van der Waals surface area contributed by atoms with Crippen molar-refractivity contribution < 1.29 is 28.7 Å². The number of hydrogen-bond donors (Lipinski definition) is 4. The Hall–Kier alpha value is -2.47. The summed E-state index contributed by atoms with van der Waals surface area (Å²) in [7, 11) is 2.95. The molecule has 4 amide bonds. The number of esters is 1. The van der Waals surface area contributed by atoms with Crippen molar-refractivity contribution in [1.29, 1.82) is 0 Å². The normalized spacial score (nSPS) is 28.8. The molecule has 2 aliphatic heterocycles. The summed E-state index contributed by atoms with van der Waals surface area (Å²) in [6.45, 7) is 8.66. The first-order valence-electron chi connectivity index (χ1n) is 12.0. The summed E-state index contributed by atoms with van der Waals surface area (Å²) in [5, 5.41) is 10.7. The average Bonchev–Trinajstić information content (AvgIpc) is 2.81. The Balaban J connectivity index is 2.55. The minimum Gasteiger partial charge on any atom is -0.456 e. The molecule has 0 spiro atoms. The van der Waals surface area contributed by atoms with Crippen LogP contribution < -0.4 is 21.3 Å². The molecule has 2 heterocycles. The largest absolute Gasteiger partial charge is 0.456 e.